The maximum Gasteiger partial charge on any atom is 0.200 e. The number of hydrogen-bond donors (Lipinski definition) is 0. The highest BCUT2D eigenvalue weighted by atomic mass is 35.5. The lowest BCUT2D eigenvalue weighted by atomic mass is 10.0. The first kappa shape index (κ1) is 20.7. The summed E-state index contributed by atoms with van der Waals surface area (Å²) < 4.78 is 24.5. The van der Waals surface area contributed by atoms with Gasteiger partial charge in [0, 0.05) is 25.2 Å². The largest absolute Gasteiger partial charge is 0.497 e. The number of aliphatic imine (C=N–C) groups is 1. The molecule has 0 unspecified atom stereocenters. The quantitative estimate of drug-likeness (QED) is 0.372. The Morgan fingerprint density at radius 1 is 1.33 bits per heavy atom. The molecule has 0 fully saturated rings. The zero-order valence-electron chi connectivity index (χ0n) is 15.8. The molecule has 0 spiro atoms. The van der Waals surface area contributed by atoms with Gasteiger partial charge in [0.1, 0.15) is 17.3 Å². The summed E-state index contributed by atoms with van der Waals surface area (Å²) in [6, 6.07) is 7.37. The third kappa shape index (κ3) is 5.44. The summed E-state index contributed by atoms with van der Waals surface area (Å²) in [6.07, 6.45) is 1.60. The van der Waals surface area contributed by atoms with Gasteiger partial charge >= 0.3 is 0 Å². The molecule has 0 radical (unpaired) electrons. The second-order valence-corrected chi connectivity index (χ2v) is 6.33. The van der Waals surface area contributed by atoms with Gasteiger partial charge < -0.3 is 14.4 Å². The topological polar surface area (TPSA) is 51.1 Å². The number of rotatable bonds is 8. The molecule has 0 saturated heterocycles. The van der Waals surface area contributed by atoms with Crippen LogP contribution in [-0.4, -0.2) is 44.3 Å². The van der Waals surface area contributed by atoms with E-state index in [1.54, 1.807) is 31.5 Å². The minimum Gasteiger partial charge on any atom is -0.497 e. The molecule has 27 heavy (non-hydrogen) atoms. The predicted octanol–water partition coefficient (Wildman–Crippen LogP) is 4.67. The van der Waals surface area contributed by atoms with Crippen LogP contribution < -0.4 is 9.47 Å². The number of carbonyl (C=O) groups excluding carboxylic acids is 1. The highest BCUT2D eigenvalue weighted by Crippen LogP contribution is 2.29. The molecule has 0 saturated carbocycles. The molecule has 0 bridgehead atoms. The van der Waals surface area contributed by atoms with E-state index in [-0.39, 0.29) is 18.0 Å². The summed E-state index contributed by atoms with van der Waals surface area (Å²) in [5.74, 6) is 0.0406. The fraction of sp³-hybridized carbons (Fsp3) is 0.300. The Bertz CT molecular complexity index is 855. The minimum atomic E-state index is -0.530. The van der Waals surface area contributed by atoms with Crippen LogP contribution in [0.2, 0.25) is 5.02 Å². The summed E-state index contributed by atoms with van der Waals surface area (Å²) in [5.41, 5.74) is 1.22. The average Bonchev–Trinajstić information content (AvgIpc) is 2.66. The van der Waals surface area contributed by atoms with Crippen molar-refractivity contribution in [1.82, 2.24) is 4.90 Å². The van der Waals surface area contributed by atoms with Crippen molar-refractivity contribution >= 4 is 29.4 Å². The van der Waals surface area contributed by atoms with Crippen LogP contribution in [0.3, 0.4) is 0 Å². The molecule has 2 aromatic carbocycles. The molecule has 0 heterocycles. The third-order valence-electron chi connectivity index (χ3n) is 4.04. The Morgan fingerprint density at radius 2 is 2.07 bits per heavy atom. The summed E-state index contributed by atoms with van der Waals surface area (Å²) >= 11 is 6.10. The Labute approximate surface area is 163 Å². The smallest absolute Gasteiger partial charge is 0.200 e. The van der Waals surface area contributed by atoms with Gasteiger partial charge in [-0.3, -0.25) is 4.79 Å². The van der Waals surface area contributed by atoms with E-state index < -0.39 is 5.82 Å². The average molecular weight is 393 g/mol. The molecule has 0 amide bonds. The maximum absolute atomic E-state index is 14.0. The normalized spacial score (nSPS) is 10.9. The van der Waals surface area contributed by atoms with Gasteiger partial charge in [0.15, 0.2) is 6.61 Å². The Balaban J connectivity index is 2.18. The number of hydrogen-bond acceptors (Lipinski definition) is 4. The zero-order chi connectivity index (χ0) is 20.0. The zero-order valence-corrected chi connectivity index (χ0v) is 16.5. The van der Waals surface area contributed by atoms with Gasteiger partial charge in [-0.2, -0.15) is 0 Å². The van der Waals surface area contributed by atoms with Crippen LogP contribution in [0.1, 0.15) is 22.8 Å². The summed E-state index contributed by atoms with van der Waals surface area (Å²) in [6.45, 7) is 4.20. The van der Waals surface area contributed by atoms with Crippen molar-refractivity contribution in [2.75, 3.05) is 27.3 Å². The van der Waals surface area contributed by atoms with Crippen LogP contribution in [-0.2, 0) is 0 Å². The standard InChI is InChI=1S/C20H22ClFN2O3/c1-5-24(3)12-23-18-9-14(22)8-16(13(18)2)19(25)11-27-20-7-6-15(26-4)10-17(20)21/h6-10,12H,5,11H2,1-4H3. The molecule has 2 rings (SSSR count). The van der Waals surface area contributed by atoms with Crippen molar-refractivity contribution in [3.63, 3.8) is 0 Å². The molecule has 2 aromatic rings. The lowest BCUT2D eigenvalue weighted by Gasteiger charge is -2.12. The van der Waals surface area contributed by atoms with Gasteiger partial charge in [0.05, 0.1) is 24.2 Å². The third-order valence-corrected chi connectivity index (χ3v) is 4.33. The number of halogens is 2. The lowest BCUT2D eigenvalue weighted by molar-refractivity contribution is 0.0920. The summed E-state index contributed by atoms with van der Waals surface area (Å²) in [5, 5.41) is 0.325. The first-order valence-corrected chi connectivity index (χ1v) is 8.77. The number of nitrogens with zero attached hydrogens (tertiary/aromatic N) is 2. The van der Waals surface area contributed by atoms with Crippen molar-refractivity contribution in [3.05, 3.63) is 52.3 Å². The predicted molar refractivity (Wildman–Crippen MR) is 105 cm³/mol. The van der Waals surface area contributed by atoms with Crippen LogP contribution >= 0.6 is 11.6 Å². The molecule has 0 aliphatic heterocycles. The van der Waals surface area contributed by atoms with E-state index in [2.05, 4.69) is 4.99 Å². The van der Waals surface area contributed by atoms with E-state index >= 15 is 0 Å². The fourth-order valence-electron chi connectivity index (χ4n) is 2.28. The molecular formula is C20H22ClFN2O3. The highest BCUT2D eigenvalue weighted by molar-refractivity contribution is 6.32. The van der Waals surface area contributed by atoms with Crippen LogP contribution in [0.5, 0.6) is 11.5 Å². The highest BCUT2D eigenvalue weighted by Gasteiger charge is 2.15. The van der Waals surface area contributed by atoms with E-state index in [0.717, 1.165) is 6.54 Å². The van der Waals surface area contributed by atoms with E-state index in [1.807, 2.05) is 18.9 Å². The second-order valence-electron chi connectivity index (χ2n) is 5.92. The fourth-order valence-corrected chi connectivity index (χ4v) is 2.50. The lowest BCUT2D eigenvalue weighted by Crippen LogP contribution is -2.15. The minimum absolute atomic E-state index is 0.228. The summed E-state index contributed by atoms with van der Waals surface area (Å²) in [4.78, 5) is 18.7. The summed E-state index contributed by atoms with van der Waals surface area (Å²) in [7, 11) is 3.39. The molecule has 0 N–H and O–H groups in total. The molecule has 144 valence electrons. The number of benzene rings is 2. The molecule has 0 aromatic heterocycles. The maximum atomic E-state index is 14.0. The van der Waals surface area contributed by atoms with Gasteiger partial charge in [-0.15, -0.1) is 0 Å². The molecule has 0 atom stereocenters. The van der Waals surface area contributed by atoms with Crippen LogP contribution in [0.25, 0.3) is 0 Å². The number of methoxy groups -OCH3 is 1. The number of carbonyl (C=O) groups is 1. The van der Waals surface area contributed by atoms with Crippen molar-refractivity contribution < 1.29 is 18.7 Å². The molecule has 5 nitrogen and oxygen atoms in total. The van der Waals surface area contributed by atoms with Crippen LogP contribution in [0.15, 0.2) is 35.3 Å². The van der Waals surface area contributed by atoms with E-state index in [1.165, 1.54) is 19.2 Å². The van der Waals surface area contributed by atoms with Gasteiger partial charge in [0.25, 0.3) is 0 Å². The molecule has 0 aliphatic rings. The number of ketones is 1. The second kappa shape index (κ2) is 9.37. The van der Waals surface area contributed by atoms with Crippen molar-refractivity contribution in [1.29, 1.82) is 0 Å². The van der Waals surface area contributed by atoms with Crippen LogP contribution in [0, 0.1) is 12.7 Å². The van der Waals surface area contributed by atoms with Gasteiger partial charge in [-0.25, -0.2) is 9.38 Å². The first-order valence-electron chi connectivity index (χ1n) is 8.39. The molecule has 7 heteroatoms. The van der Waals surface area contributed by atoms with Crippen molar-refractivity contribution in [2.45, 2.75) is 13.8 Å². The van der Waals surface area contributed by atoms with Gasteiger partial charge in [-0.1, -0.05) is 11.6 Å². The number of ether oxygens (including phenoxy) is 2. The molecule has 0 aliphatic carbocycles. The SMILES string of the molecule is CCN(C)C=Nc1cc(F)cc(C(=O)COc2ccc(OC)cc2Cl)c1C. The van der Waals surface area contributed by atoms with Gasteiger partial charge in [-0.05, 0) is 43.7 Å². The van der Waals surface area contributed by atoms with Crippen LogP contribution in [0.4, 0.5) is 10.1 Å². The van der Waals surface area contributed by atoms with E-state index in [9.17, 15) is 9.18 Å². The Hall–Kier alpha value is -2.60. The Kier molecular flexibility index (Phi) is 7.19. The first-order chi connectivity index (χ1) is 12.8. The van der Waals surface area contributed by atoms with Crippen molar-refractivity contribution in [3.8, 4) is 11.5 Å². The van der Waals surface area contributed by atoms with Crippen molar-refractivity contribution in [2.24, 2.45) is 4.99 Å². The number of Topliss-reactive ketones (excluding diaryl/α,β-unsaturated/α-hetero) is 1. The molecular weight excluding hydrogens is 371 g/mol. The van der Waals surface area contributed by atoms with E-state index in [4.69, 9.17) is 21.1 Å². The monoisotopic (exact) mass is 392 g/mol. The van der Waals surface area contributed by atoms with E-state index in [0.29, 0.717) is 27.8 Å². The Morgan fingerprint density at radius 3 is 2.70 bits per heavy atom. The van der Waals surface area contributed by atoms with Gasteiger partial charge in [0.2, 0.25) is 5.78 Å².